The largest absolute Gasteiger partial charge is 0.507 e. The van der Waals surface area contributed by atoms with Gasteiger partial charge in [0, 0.05) is 54.8 Å². The smallest absolute Gasteiger partial charge is 0.218 e. The van der Waals surface area contributed by atoms with Gasteiger partial charge in [0.2, 0.25) is 6.41 Å². The molecule has 0 saturated carbocycles. The molecule has 0 aliphatic rings. The molecule has 190 valence electrons. The molecule has 0 atom stereocenters. The van der Waals surface area contributed by atoms with E-state index < -0.39 is 11.4 Å². The van der Waals surface area contributed by atoms with Gasteiger partial charge in [0.1, 0.15) is 11.6 Å². The highest BCUT2D eigenvalue weighted by Crippen LogP contribution is 2.41. The summed E-state index contributed by atoms with van der Waals surface area (Å²) in [6, 6.07) is 14.5. The fraction of sp³-hybridized carbons (Fsp3) is 0.172. The molecule has 0 radical (unpaired) electrons. The normalized spacial score (nSPS) is 11.8. The van der Waals surface area contributed by atoms with Crippen LogP contribution >= 0.6 is 11.6 Å². The van der Waals surface area contributed by atoms with Crippen LogP contribution in [-0.2, 0) is 10.4 Å². The number of nitrogens with zero attached hydrogens (tertiary/aromatic N) is 3. The number of halogens is 2. The second-order valence-electron chi connectivity index (χ2n) is 9.48. The summed E-state index contributed by atoms with van der Waals surface area (Å²) in [6.45, 7) is 3.35. The van der Waals surface area contributed by atoms with Crippen molar-refractivity contribution in [1.82, 2.24) is 9.88 Å². The lowest BCUT2D eigenvalue weighted by atomic mass is 9.94. The van der Waals surface area contributed by atoms with Crippen molar-refractivity contribution in [3.05, 3.63) is 89.6 Å². The van der Waals surface area contributed by atoms with Gasteiger partial charge in [-0.1, -0.05) is 23.7 Å². The number of anilines is 1. The van der Waals surface area contributed by atoms with Crippen LogP contribution in [0, 0.1) is 5.82 Å². The number of aromatic nitrogens is 1. The van der Waals surface area contributed by atoms with Gasteiger partial charge in [-0.25, -0.2) is 4.39 Å². The van der Waals surface area contributed by atoms with E-state index in [2.05, 4.69) is 4.98 Å². The lowest BCUT2D eigenvalue weighted by molar-refractivity contribution is -0.107. The highest BCUT2D eigenvalue weighted by atomic mass is 35.5. The Morgan fingerprint density at radius 1 is 0.973 bits per heavy atom. The van der Waals surface area contributed by atoms with E-state index in [1.54, 1.807) is 73.7 Å². The van der Waals surface area contributed by atoms with Crippen LogP contribution in [0.15, 0.2) is 73.2 Å². The number of pyridine rings is 1. The Balaban J connectivity index is 1.78. The Kier molecular flexibility index (Phi) is 7.21. The predicted octanol–water partition coefficient (Wildman–Crippen LogP) is 6.29. The van der Waals surface area contributed by atoms with Gasteiger partial charge >= 0.3 is 0 Å². The Bertz CT molecular complexity index is 1510. The van der Waals surface area contributed by atoms with Crippen molar-refractivity contribution in [2.24, 2.45) is 0 Å². The number of benzene rings is 3. The maximum absolute atomic E-state index is 14.8. The lowest BCUT2D eigenvalue weighted by Gasteiger charge is -2.18. The van der Waals surface area contributed by atoms with Crippen molar-refractivity contribution < 1.29 is 19.4 Å². The third-order valence-electron chi connectivity index (χ3n) is 5.95. The molecular weight excluding hydrogens is 493 g/mol. The Morgan fingerprint density at radius 3 is 2.22 bits per heavy atom. The topological polar surface area (TPSA) is 76.9 Å². The fourth-order valence-corrected chi connectivity index (χ4v) is 4.21. The Hall–Kier alpha value is -3.94. The van der Waals surface area contributed by atoms with Crippen molar-refractivity contribution >= 4 is 34.6 Å². The van der Waals surface area contributed by atoms with Crippen LogP contribution in [0.4, 0.5) is 10.1 Å². The molecule has 8 heteroatoms. The van der Waals surface area contributed by atoms with Gasteiger partial charge in [0.05, 0.1) is 21.8 Å². The van der Waals surface area contributed by atoms with E-state index >= 15 is 0 Å². The van der Waals surface area contributed by atoms with E-state index in [0.29, 0.717) is 39.9 Å². The third-order valence-corrected chi connectivity index (χ3v) is 6.25. The first kappa shape index (κ1) is 26.1. The predicted molar refractivity (Wildman–Crippen MR) is 146 cm³/mol. The standard InChI is InChI=1S/C29H27ClFN3O3/c1-29(2,37)21-12-20-11-18(5-7-26(20)32-16-21)23-14-22(31)15-24(28(23)36)19-6-8-27(25(30)13-19)34(17-35)10-9-33(3)4/h5-17,36-37H,1-4H3/b10-9-. The Labute approximate surface area is 219 Å². The molecule has 4 rings (SSSR count). The van der Waals surface area contributed by atoms with E-state index in [1.165, 1.54) is 17.0 Å². The average Bonchev–Trinajstić information content (AvgIpc) is 2.85. The second-order valence-corrected chi connectivity index (χ2v) is 9.89. The number of carbonyl (C=O) groups excluding carboxylic acids is 1. The number of hydrogen-bond donors (Lipinski definition) is 2. The van der Waals surface area contributed by atoms with Crippen molar-refractivity contribution in [3.8, 4) is 28.0 Å². The monoisotopic (exact) mass is 519 g/mol. The van der Waals surface area contributed by atoms with Crippen molar-refractivity contribution in [3.63, 3.8) is 0 Å². The first-order chi connectivity index (χ1) is 17.5. The van der Waals surface area contributed by atoms with Gasteiger partial charge in [-0.05, 0) is 67.4 Å². The number of carbonyl (C=O) groups is 1. The summed E-state index contributed by atoms with van der Waals surface area (Å²) in [6.07, 6.45) is 5.53. The van der Waals surface area contributed by atoms with Gasteiger partial charge in [0.25, 0.3) is 0 Å². The summed E-state index contributed by atoms with van der Waals surface area (Å²) in [5.74, 6) is -0.647. The minimum Gasteiger partial charge on any atom is -0.507 e. The summed E-state index contributed by atoms with van der Waals surface area (Å²) < 4.78 is 14.8. The number of amides is 1. The summed E-state index contributed by atoms with van der Waals surface area (Å²) in [5, 5.41) is 22.5. The number of aromatic hydroxyl groups is 1. The molecule has 3 aromatic carbocycles. The van der Waals surface area contributed by atoms with E-state index in [9.17, 15) is 19.4 Å². The fourth-order valence-electron chi connectivity index (χ4n) is 3.93. The number of hydrogen-bond acceptors (Lipinski definition) is 5. The molecule has 0 bridgehead atoms. The molecule has 37 heavy (non-hydrogen) atoms. The van der Waals surface area contributed by atoms with Crippen LogP contribution in [-0.4, -0.2) is 40.6 Å². The number of fused-ring (bicyclic) bond motifs is 1. The maximum Gasteiger partial charge on any atom is 0.218 e. The van der Waals surface area contributed by atoms with Crippen LogP contribution < -0.4 is 4.90 Å². The third kappa shape index (κ3) is 5.58. The molecule has 0 saturated heterocycles. The molecule has 0 spiro atoms. The number of phenols is 1. The highest BCUT2D eigenvalue weighted by Gasteiger charge is 2.19. The average molecular weight is 520 g/mol. The summed E-state index contributed by atoms with van der Waals surface area (Å²) >= 11 is 6.48. The van der Waals surface area contributed by atoms with Crippen molar-refractivity contribution in [2.45, 2.75) is 19.4 Å². The molecule has 0 fully saturated rings. The molecule has 0 aliphatic heterocycles. The molecule has 1 heterocycles. The highest BCUT2D eigenvalue weighted by molar-refractivity contribution is 6.34. The van der Waals surface area contributed by atoms with E-state index in [4.69, 9.17) is 11.6 Å². The maximum atomic E-state index is 14.8. The number of rotatable bonds is 7. The van der Waals surface area contributed by atoms with E-state index in [0.717, 1.165) is 5.39 Å². The van der Waals surface area contributed by atoms with Crippen LogP contribution in [0.3, 0.4) is 0 Å². The van der Waals surface area contributed by atoms with Gasteiger partial charge in [-0.15, -0.1) is 0 Å². The zero-order valence-corrected chi connectivity index (χ0v) is 21.7. The van der Waals surface area contributed by atoms with Gasteiger partial charge in [0.15, 0.2) is 0 Å². The molecule has 1 amide bonds. The van der Waals surface area contributed by atoms with Crippen LogP contribution in [0.2, 0.25) is 5.02 Å². The summed E-state index contributed by atoms with van der Waals surface area (Å²) in [5.41, 5.74) is 2.35. The summed E-state index contributed by atoms with van der Waals surface area (Å²) in [7, 11) is 3.65. The minimum absolute atomic E-state index is 0.115. The first-order valence-corrected chi connectivity index (χ1v) is 11.9. The molecule has 1 aromatic heterocycles. The van der Waals surface area contributed by atoms with Crippen molar-refractivity contribution in [2.75, 3.05) is 19.0 Å². The van der Waals surface area contributed by atoms with Gasteiger partial charge in [-0.2, -0.15) is 0 Å². The molecular formula is C29H27ClFN3O3. The molecule has 6 nitrogen and oxygen atoms in total. The molecule has 0 unspecified atom stereocenters. The van der Waals surface area contributed by atoms with E-state index in [1.807, 2.05) is 20.2 Å². The van der Waals surface area contributed by atoms with Gasteiger partial charge in [-0.3, -0.25) is 14.7 Å². The SMILES string of the molecule is CN(C)/C=C\N(C=O)c1ccc(-c2cc(F)cc(-c3ccc4ncc(C(C)(C)O)cc4c3)c2O)cc1Cl. The zero-order chi connectivity index (χ0) is 26.9. The lowest BCUT2D eigenvalue weighted by Crippen LogP contribution is -2.15. The van der Waals surface area contributed by atoms with Crippen LogP contribution in [0.25, 0.3) is 33.2 Å². The zero-order valence-electron chi connectivity index (χ0n) is 20.9. The van der Waals surface area contributed by atoms with E-state index in [-0.39, 0.29) is 16.3 Å². The quantitative estimate of drug-likeness (QED) is 0.281. The molecule has 0 aliphatic carbocycles. The summed E-state index contributed by atoms with van der Waals surface area (Å²) in [4.78, 5) is 19.1. The van der Waals surface area contributed by atoms with Crippen LogP contribution in [0.1, 0.15) is 19.4 Å². The number of phenolic OH excluding ortho intramolecular Hbond substituents is 1. The number of aliphatic hydroxyl groups is 1. The second kappa shape index (κ2) is 10.2. The molecule has 4 aromatic rings. The molecule has 2 N–H and O–H groups in total. The first-order valence-electron chi connectivity index (χ1n) is 11.5. The minimum atomic E-state index is -1.07. The van der Waals surface area contributed by atoms with Crippen LogP contribution in [0.5, 0.6) is 5.75 Å². The van der Waals surface area contributed by atoms with Gasteiger partial charge < -0.3 is 15.1 Å². The van der Waals surface area contributed by atoms with Crippen molar-refractivity contribution in [1.29, 1.82) is 0 Å². The Morgan fingerprint density at radius 2 is 1.62 bits per heavy atom.